The Morgan fingerprint density at radius 3 is 2.29 bits per heavy atom. The fourth-order valence-corrected chi connectivity index (χ4v) is 3.09. The normalized spacial score (nSPS) is 12.3. The summed E-state index contributed by atoms with van der Waals surface area (Å²) in [6.07, 6.45) is 0. The molecule has 21 heavy (non-hydrogen) atoms. The molecule has 0 bridgehead atoms. The lowest BCUT2D eigenvalue weighted by molar-refractivity contribution is 0.400. The summed E-state index contributed by atoms with van der Waals surface area (Å²) in [7, 11) is 1.70. The van der Waals surface area contributed by atoms with Gasteiger partial charge >= 0.3 is 0 Å². The number of nitrogens with one attached hydrogen (secondary N) is 1. The first-order chi connectivity index (χ1) is 9.99. The molecule has 1 atom stereocenters. The molecule has 1 unspecified atom stereocenters. The lowest BCUT2D eigenvalue weighted by Gasteiger charge is -2.23. The highest BCUT2D eigenvalue weighted by molar-refractivity contribution is 9.10. The van der Waals surface area contributed by atoms with Crippen molar-refractivity contribution in [2.45, 2.75) is 26.8 Å². The predicted molar refractivity (Wildman–Crippen MR) is 90.5 cm³/mol. The summed E-state index contributed by atoms with van der Waals surface area (Å²) in [5, 5.41) is 0. The second-order valence-electron chi connectivity index (χ2n) is 5.23. The first kappa shape index (κ1) is 16.0. The Labute approximate surface area is 134 Å². The van der Waals surface area contributed by atoms with Gasteiger partial charge in [-0.1, -0.05) is 34.1 Å². The van der Waals surface area contributed by atoms with Crippen molar-refractivity contribution in [3.05, 3.63) is 62.6 Å². The monoisotopic (exact) mass is 348 g/mol. The predicted octanol–water partition coefficient (Wildman–Crippen LogP) is 3.94. The molecule has 0 aromatic heterocycles. The SMILES string of the molecule is COc1c(C(NN)c2ccc(Br)cc2C)ccc(C)c1C. The number of nitrogens with two attached hydrogens (primary N) is 1. The van der Waals surface area contributed by atoms with E-state index in [1.54, 1.807) is 7.11 Å². The van der Waals surface area contributed by atoms with Crippen LogP contribution in [-0.2, 0) is 0 Å². The zero-order valence-corrected chi connectivity index (χ0v) is 14.4. The van der Waals surface area contributed by atoms with Gasteiger partial charge in [0.1, 0.15) is 5.75 Å². The maximum atomic E-state index is 5.84. The van der Waals surface area contributed by atoms with E-state index in [9.17, 15) is 0 Å². The minimum atomic E-state index is -0.104. The van der Waals surface area contributed by atoms with Gasteiger partial charge in [0.15, 0.2) is 0 Å². The number of halogens is 1. The van der Waals surface area contributed by atoms with E-state index in [2.05, 4.69) is 66.4 Å². The molecule has 0 radical (unpaired) electrons. The summed E-state index contributed by atoms with van der Waals surface area (Å²) < 4.78 is 6.68. The van der Waals surface area contributed by atoms with Crippen LogP contribution < -0.4 is 16.0 Å². The molecule has 0 aliphatic rings. The number of rotatable bonds is 4. The van der Waals surface area contributed by atoms with Crippen LogP contribution in [0.2, 0.25) is 0 Å². The van der Waals surface area contributed by atoms with Crippen molar-refractivity contribution in [1.82, 2.24) is 5.43 Å². The van der Waals surface area contributed by atoms with Gasteiger partial charge in [-0.25, -0.2) is 5.43 Å². The zero-order chi connectivity index (χ0) is 15.6. The first-order valence-corrected chi connectivity index (χ1v) is 7.65. The van der Waals surface area contributed by atoms with Crippen LogP contribution in [0.5, 0.6) is 5.75 Å². The van der Waals surface area contributed by atoms with Crippen LogP contribution in [0.4, 0.5) is 0 Å². The van der Waals surface area contributed by atoms with Crippen molar-refractivity contribution in [1.29, 1.82) is 0 Å². The molecular formula is C17H21BrN2O. The van der Waals surface area contributed by atoms with Crippen LogP contribution in [0.15, 0.2) is 34.8 Å². The van der Waals surface area contributed by atoms with E-state index in [0.717, 1.165) is 26.9 Å². The Hall–Kier alpha value is -1.36. The average molecular weight is 349 g/mol. The molecule has 0 amide bonds. The summed E-state index contributed by atoms with van der Waals surface area (Å²) in [4.78, 5) is 0. The highest BCUT2D eigenvalue weighted by Crippen LogP contribution is 2.35. The molecule has 2 aromatic carbocycles. The van der Waals surface area contributed by atoms with Crippen LogP contribution in [0.25, 0.3) is 0 Å². The van der Waals surface area contributed by atoms with Crippen molar-refractivity contribution >= 4 is 15.9 Å². The van der Waals surface area contributed by atoms with Gasteiger partial charge < -0.3 is 4.74 Å². The minimum Gasteiger partial charge on any atom is -0.496 e. The number of benzene rings is 2. The first-order valence-electron chi connectivity index (χ1n) is 6.85. The summed E-state index contributed by atoms with van der Waals surface area (Å²) >= 11 is 3.50. The number of hydrogen-bond donors (Lipinski definition) is 2. The highest BCUT2D eigenvalue weighted by atomic mass is 79.9. The molecule has 0 heterocycles. The van der Waals surface area contributed by atoms with Crippen molar-refractivity contribution < 1.29 is 4.74 Å². The molecule has 0 saturated heterocycles. The zero-order valence-electron chi connectivity index (χ0n) is 12.8. The Morgan fingerprint density at radius 2 is 1.71 bits per heavy atom. The van der Waals surface area contributed by atoms with Gasteiger partial charge in [-0.3, -0.25) is 5.84 Å². The fourth-order valence-electron chi connectivity index (χ4n) is 2.62. The van der Waals surface area contributed by atoms with Gasteiger partial charge in [0, 0.05) is 10.0 Å². The molecule has 0 fully saturated rings. The molecule has 2 aromatic rings. The summed E-state index contributed by atoms with van der Waals surface area (Å²) in [6, 6.07) is 10.3. The van der Waals surface area contributed by atoms with Gasteiger partial charge in [-0.15, -0.1) is 0 Å². The molecular weight excluding hydrogens is 328 g/mol. The Morgan fingerprint density at radius 1 is 1.05 bits per heavy atom. The topological polar surface area (TPSA) is 47.3 Å². The maximum absolute atomic E-state index is 5.84. The molecule has 112 valence electrons. The molecule has 0 spiro atoms. The third-order valence-corrected chi connectivity index (χ3v) is 4.43. The van der Waals surface area contributed by atoms with E-state index in [0.29, 0.717) is 0 Å². The van der Waals surface area contributed by atoms with Gasteiger partial charge in [-0.05, 0) is 55.2 Å². The van der Waals surface area contributed by atoms with E-state index in [1.807, 2.05) is 6.07 Å². The van der Waals surface area contributed by atoms with Crippen LogP contribution in [0, 0.1) is 20.8 Å². The van der Waals surface area contributed by atoms with Crippen LogP contribution in [-0.4, -0.2) is 7.11 Å². The number of ether oxygens (including phenoxy) is 1. The lowest BCUT2D eigenvalue weighted by Crippen LogP contribution is -2.30. The van der Waals surface area contributed by atoms with Crippen molar-refractivity contribution in [3.63, 3.8) is 0 Å². The molecule has 4 heteroatoms. The van der Waals surface area contributed by atoms with E-state index < -0.39 is 0 Å². The van der Waals surface area contributed by atoms with E-state index in [4.69, 9.17) is 10.6 Å². The van der Waals surface area contributed by atoms with Crippen LogP contribution in [0.3, 0.4) is 0 Å². The summed E-state index contributed by atoms with van der Waals surface area (Å²) in [5.41, 5.74) is 8.64. The number of methoxy groups -OCH3 is 1. The number of hydrazine groups is 1. The average Bonchev–Trinajstić information content (AvgIpc) is 2.45. The second-order valence-corrected chi connectivity index (χ2v) is 6.15. The van der Waals surface area contributed by atoms with Crippen LogP contribution in [0.1, 0.15) is 33.9 Å². The summed E-state index contributed by atoms with van der Waals surface area (Å²) in [5.74, 6) is 6.73. The molecule has 3 N–H and O–H groups in total. The lowest BCUT2D eigenvalue weighted by atomic mass is 9.92. The molecule has 0 aliphatic heterocycles. The van der Waals surface area contributed by atoms with Gasteiger partial charge in [0.2, 0.25) is 0 Å². The molecule has 2 rings (SSSR count). The van der Waals surface area contributed by atoms with Gasteiger partial charge in [-0.2, -0.15) is 0 Å². The van der Waals surface area contributed by atoms with Crippen molar-refractivity contribution in [2.24, 2.45) is 5.84 Å². The maximum Gasteiger partial charge on any atom is 0.127 e. The third-order valence-electron chi connectivity index (χ3n) is 3.93. The molecule has 0 saturated carbocycles. The highest BCUT2D eigenvalue weighted by Gasteiger charge is 2.20. The Balaban J connectivity index is 2.59. The van der Waals surface area contributed by atoms with E-state index in [-0.39, 0.29) is 6.04 Å². The fraction of sp³-hybridized carbons (Fsp3) is 0.294. The standard InChI is InChI=1S/C17H21BrN2O/c1-10-5-7-15(17(21-4)12(10)3)16(20-19)14-8-6-13(18)9-11(14)2/h5-9,16,20H,19H2,1-4H3. The van der Waals surface area contributed by atoms with Gasteiger partial charge in [0.25, 0.3) is 0 Å². The number of aryl methyl sites for hydroxylation is 2. The summed E-state index contributed by atoms with van der Waals surface area (Å²) in [6.45, 7) is 6.23. The third kappa shape index (κ3) is 3.12. The Bertz CT molecular complexity index is 655. The van der Waals surface area contributed by atoms with Crippen molar-refractivity contribution in [2.75, 3.05) is 7.11 Å². The van der Waals surface area contributed by atoms with Gasteiger partial charge in [0.05, 0.1) is 13.2 Å². The number of hydrogen-bond acceptors (Lipinski definition) is 3. The van der Waals surface area contributed by atoms with Crippen LogP contribution >= 0.6 is 15.9 Å². The van der Waals surface area contributed by atoms with E-state index in [1.165, 1.54) is 11.1 Å². The second kappa shape index (κ2) is 6.60. The molecule has 3 nitrogen and oxygen atoms in total. The smallest absolute Gasteiger partial charge is 0.127 e. The largest absolute Gasteiger partial charge is 0.496 e. The van der Waals surface area contributed by atoms with E-state index >= 15 is 0 Å². The van der Waals surface area contributed by atoms with Crippen molar-refractivity contribution in [3.8, 4) is 5.75 Å². The minimum absolute atomic E-state index is 0.104. The quantitative estimate of drug-likeness (QED) is 0.649. The molecule has 0 aliphatic carbocycles. The Kier molecular flexibility index (Phi) is 5.04.